The first kappa shape index (κ1) is 17.3. The quantitative estimate of drug-likeness (QED) is 0.716. The molecular formula is C16H18ClN3O2S. The fourth-order valence-corrected chi connectivity index (χ4v) is 3.04. The fraction of sp³-hybridized carbons (Fsp3) is 0.250. The molecule has 23 heavy (non-hydrogen) atoms. The van der Waals surface area contributed by atoms with Crippen LogP contribution in [0.25, 0.3) is 0 Å². The van der Waals surface area contributed by atoms with E-state index in [2.05, 4.69) is 10.6 Å². The summed E-state index contributed by atoms with van der Waals surface area (Å²) in [6.45, 7) is 0.522. The SMILES string of the molecule is NC(=O)N[C@@H](CC(=O)NCCc1ccc(Cl)cc1)c1cccs1. The van der Waals surface area contributed by atoms with Gasteiger partial charge in [-0.25, -0.2) is 4.79 Å². The summed E-state index contributed by atoms with van der Waals surface area (Å²) in [4.78, 5) is 24.0. The van der Waals surface area contributed by atoms with Crippen LogP contribution in [0, 0.1) is 0 Å². The molecule has 3 amide bonds. The topological polar surface area (TPSA) is 84.2 Å². The molecule has 1 heterocycles. The van der Waals surface area contributed by atoms with Gasteiger partial charge in [-0.3, -0.25) is 4.79 Å². The molecule has 7 heteroatoms. The Morgan fingerprint density at radius 1 is 1.22 bits per heavy atom. The van der Waals surface area contributed by atoms with E-state index in [4.69, 9.17) is 17.3 Å². The Morgan fingerprint density at radius 2 is 1.96 bits per heavy atom. The number of carbonyl (C=O) groups excluding carboxylic acids is 2. The van der Waals surface area contributed by atoms with Gasteiger partial charge in [-0.2, -0.15) is 0 Å². The normalized spacial score (nSPS) is 11.7. The van der Waals surface area contributed by atoms with Gasteiger partial charge in [-0.15, -0.1) is 11.3 Å². The molecule has 1 aromatic heterocycles. The molecule has 5 nitrogen and oxygen atoms in total. The molecule has 2 rings (SSSR count). The van der Waals surface area contributed by atoms with Crippen LogP contribution in [0.3, 0.4) is 0 Å². The molecule has 4 N–H and O–H groups in total. The first-order chi connectivity index (χ1) is 11.0. The van der Waals surface area contributed by atoms with E-state index in [1.165, 1.54) is 11.3 Å². The average molecular weight is 352 g/mol. The highest BCUT2D eigenvalue weighted by atomic mass is 35.5. The highest BCUT2D eigenvalue weighted by molar-refractivity contribution is 7.10. The molecule has 0 aliphatic heterocycles. The average Bonchev–Trinajstić information content (AvgIpc) is 3.02. The molecule has 0 spiro atoms. The Labute approximate surface area is 143 Å². The molecule has 2 aromatic rings. The Morgan fingerprint density at radius 3 is 2.57 bits per heavy atom. The molecule has 0 saturated heterocycles. The number of rotatable bonds is 7. The third kappa shape index (κ3) is 5.92. The van der Waals surface area contributed by atoms with Crippen molar-refractivity contribution in [3.8, 4) is 0 Å². The zero-order valence-corrected chi connectivity index (χ0v) is 14.0. The van der Waals surface area contributed by atoms with Crippen LogP contribution >= 0.6 is 22.9 Å². The molecule has 0 aliphatic rings. The van der Waals surface area contributed by atoms with Crippen LogP contribution in [-0.4, -0.2) is 18.5 Å². The summed E-state index contributed by atoms with van der Waals surface area (Å²) in [6.07, 6.45) is 0.875. The van der Waals surface area contributed by atoms with Crippen LogP contribution in [0.4, 0.5) is 4.79 Å². The minimum atomic E-state index is -0.641. The van der Waals surface area contributed by atoms with Gasteiger partial charge < -0.3 is 16.4 Å². The highest BCUT2D eigenvalue weighted by Gasteiger charge is 2.18. The van der Waals surface area contributed by atoms with Gasteiger partial charge in [0, 0.05) is 16.4 Å². The zero-order valence-electron chi connectivity index (χ0n) is 12.4. The second-order valence-corrected chi connectivity index (χ2v) is 6.42. The minimum Gasteiger partial charge on any atom is -0.356 e. The van der Waals surface area contributed by atoms with E-state index in [1.807, 2.05) is 41.8 Å². The van der Waals surface area contributed by atoms with Crippen molar-refractivity contribution in [2.75, 3.05) is 6.54 Å². The summed E-state index contributed by atoms with van der Waals surface area (Å²) in [6, 6.07) is 10.2. The minimum absolute atomic E-state index is 0.133. The van der Waals surface area contributed by atoms with Crippen molar-refractivity contribution < 1.29 is 9.59 Å². The number of carbonyl (C=O) groups is 2. The molecule has 0 unspecified atom stereocenters. The van der Waals surface area contributed by atoms with Gasteiger partial charge in [0.05, 0.1) is 12.5 Å². The number of hydrogen-bond acceptors (Lipinski definition) is 3. The van der Waals surface area contributed by atoms with Crippen molar-refractivity contribution in [3.05, 3.63) is 57.2 Å². The van der Waals surface area contributed by atoms with Gasteiger partial charge in [0.2, 0.25) is 5.91 Å². The number of halogens is 1. The van der Waals surface area contributed by atoms with Crippen LogP contribution in [-0.2, 0) is 11.2 Å². The van der Waals surface area contributed by atoms with Gasteiger partial charge in [-0.05, 0) is 35.6 Å². The predicted octanol–water partition coefficient (Wildman–Crippen LogP) is 2.86. The van der Waals surface area contributed by atoms with Crippen LogP contribution in [0.1, 0.15) is 22.9 Å². The maximum Gasteiger partial charge on any atom is 0.312 e. The highest BCUT2D eigenvalue weighted by Crippen LogP contribution is 2.21. The van der Waals surface area contributed by atoms with E-state index >= 15 is 0 Å². The van der Waals surface area contributed by atoms with Crippen LogP contribution in [0.5, 0.6) is 0 Å². The van der Waals surface area contributed by atoms with E-state index in [0.717, 1.165) is 16.9 Å². The molecule has 0 aliphatic carbocycles. The number of hydrogen-bond donors (Lipinski definition) is 3. The van der Waals surface area contributed by atoms with Crippen LogP contribution < -0.4 is 16.4 Å². The van der Waals surface area contributed by atoms with Gasteiger partial charge in [0.15, 0.2) is 0 Å². The summed E-state index contributed by atoms with van der Waals surface area (Å²) >= 11 is 7.30. The summed E-state index contributed by atoms with van der Waals surface area (Å²) in [5, 5.41) is 8.03. The third-order valence-corrected chi connectivity index (χ3v) is 4.48. The molecule has 0 fully saturated rings. The summed E-state index contributed by atoms with van der Waals surface area (Å²) in [5.41, 5.74) is 6.27. The Bertz CT molecular complexity index is 644. The molecule has 122 valence electrons. The molecule has 1 atom stereocenters. The maximum absolute atomic E-state index is 12.1. The van der Waals surface area contributed by atoms with E-state index in [1.54, 1.807) is 0 Å². The smallest absolute Gasteiger partial charge is 0.312 e. The second-order valence-electron chi connectivity index (χ2n) is 5.01. The number of nitrogens with two attached hydrogens (primary N) is 1. The number of urea groups is 1. The number of thiophene rings is 1. The summed E-state index contributed by atoms with van der Waals surface area (Å²) < 4.78 is 0. The third-order valence-electron chi connectivity index (χ3n) is 3.24. The molecule has 1 aromatic carbocycles. The van der Waals surface area contributed by atoms with Crippen molar-refractivity contribution in [1.29, 1.82) is 0 Å². The Hall–Kier alpha value is -2.05. The van der Waals surface area contributed by atoms with Crippen molar-refractivity contribution in [1.82, 2.24) is 10.6 Å². The van der Waals surface area contributed by atoms with E-state index in [0.29, 0.717) is 11.6 Å². The zero-order chi connectivity index (χ0) is 16.7. The summed E-state index contributed by atoms with van der Waals surface area (Å²) in [7, 11) is 0. The van der Waals surface area contributed by atoms with Gasteiger partial charge in [0.25, 0.3) is 0 Å². The largest absolute Gasteiger partial charge is 0.356 e. The van der Waals surface area contributed by atoms with Crippen LogP contribution in [0.15, 0.2) is 41.8 Å². The lowest BCUT2D eigenvalue weighted by atomic mass is 10.1. The van der Waals surface area contributed by atoms with Crippen molar-refractivity contribution in [3.63, 3.8) is 0 Å². The van der Waals surface area contributed by atoms with Crippen molar-refractivity contribution in [2.24, 2.45) is 5.73 Å². The molecule has 0 radical (unpaired) electrons. The second kappa shape index (κ2) is 8.55. The van der Waals surface area contributed by atoms with E-state index < -0.39 is 12.1 Å². The first-order valence-electron chi connectivity index (χ1n) is 7.15. The first-order valence-corrected chi connectivity index (χ1v) is 8.41. The lowest BCUT2D eigenvalue weighted by Crippen LogP contribution is -2.36. The summed E-state index contributed by atoms with van der Waals surface area (Å²) in [5.74, 6) is -0.133. The van der Waals surface area contributed by atoms with Crippen molar-refractivity contribution >= 4 is 34.9 Å². The van der Waals surface area contributed by atoms with Crippen molar-refractivity contribution in [2.45, 2.75) is 18.9 Å². The number of benzene rings is 1. The van der Waals surface area contributed by atoms with E-state index in [-0.39, 0.29) is 12.3 Å². The van der Waals surface area contributed by atoms with Gasteiger partial charge in [0.1, 0.15) is 0 Å². The molecule has 0 saturated carbocycles. The maximum atomic E-state index is 12.1. The molecule has 0 bridgehead atoms. The molecular weight excluding hydrogens is 334 g/mol. The van der Waals surface area contributed by atoms with Gasteiger partial charge >= 0.3 is 6.03 Å². The lowest BCUT2D eigenvalue weighted by Gasteiger charge is -2.15. The number of nitrogens with one attached hydrogen (secondary N) is 2. The predicted molar refractivity (Wildman–Crippen MR) is 92.6 cm³/mol. The monoisotopic (exact) mass is 351 g/mol. The van der Waals surface area contributed by atoms with Gasteiger partial charge in [-0.1, -0.05) is 29.8 Å². The Kier molecular flexibility index (Phi) is 6.43. The number of amides is 3. The Balaban J connectivity index is 1.82. The standard InChI is InChI=1S/C16H18ClN3O2S/c17-12-5-3-11(4-6-12)7-8-19-15(21)10-13(20-16(18)22)14-2-1-9-23-14/h1-6,9,13H,7-8,10H2,(H,19,21)(H3,18,20,22)/t13-/m0/s1. The fourth-order valence-electron chi connectivity index (χ4n) is 2.14. The van der Waals surface area contributed by atoms with Crippen LogP contribution in [0.2, 0.25) is 5.02 Å². The lowest BCUT2D eigenvalue weighted by molar-refractivity contribution is -0.121. The van der Waals surface area contributed by atoms with E-state index in [9.17, 15) is 9.59 Å². The number of primary amides is 1.